The van der Waals surface area contributed by atoms with E-state index in [4.69, 9.17) is 5.11 Å². The van der Waals surface area contributed by atoms with Crippen molar-refractivity contribution < 1.29 is 9.90 Å². The maximum absolute atomic E-state index is 10.7. The van der Waals surface area contributed by atoms with Gasteiger partial charge in [0, 0.05) is 18.8 Å². The maximum Gasteiger partial charge on any atom is 0.358 e. The fourth-order valence-electron chi connectivity index (χ4n) is 2.02. The van der Waals surface area contributed by atoms with E-state index >= 15 is 0 Å². The second kappa shape index (κ2) is 6.94. The zero-order valence-electron chi connectivity index (χ0n) is 12.2. The number of hydrogen-bond acceptors (Lipinski definition) is 5. The van der Waals surface area contributed by atoms with Gasteiger partial charge in [0.25, 0.3) is 0 Å². The first-order chi connectivity index (χ1) is 10.1. The van der Waals surface area contributed by atoms with E-state index in [0.717, 1.165) is 31.0 Å². The van der Waals surface area contributed by atoms with Crippen molar-refractivity contribution in [1.29, 1.82) is 0 Å². The van der Waals surface area contributed by atoms with Crippen LogP contribution in [0.3, 0.4) is 0 Å². The smallest absolute Gasteiger partial charge is 0.358 e. The summed E-state index contributed by atoms with van der Waals surface area (Å²) in [6, 6.07) is 5.98. The van der Waals surface area contributed by atoms with Crippen LogP contribution in [0, 0.1) is 6.92 Å². The van der Waals surface area contributed by atoms with E-state index < -0.39 is 5.97 Å². The van der Waals surface area contributed by atoms with Gasteiger partial charge in [0.2, 0.25) is 0 Å². The molecule has 2 heterocycles. The fraction of sp³-hybridized carbons (Fsp3) is 0.429. The van der Waals surface area contributed by atoms with E-state index in [1.807, 2.05) is 25.1 Å². The Balaban J connectivity index is 1.91. The fourth-order valence-corrected chi connectivity index (χ4v) is 2.02. The lowest BCUT2D eigenvalue weighted by molar-refractivity contribution is 0.0690. The van der Waals surface area contributed by atoms with Crippen molar-refractivity contribution in [3.8, 4) is 0 Å². The van der Waals surface area contributed by atoms with Crippen LogP contribution in [-0.4, -0.2) is 49.0 Å². The molecule has 7 heteroatoms. The van der Waals surface area contributed by atoms with Gasteiger partial charge >= 0.3 is 5.97 Å². The number of likely N-dealkylation sites (N-methyl/N-ethyl adjacent to an activating group) is 1. The highest BCUT2D eigenvalue weighted by atomic mass is 16.4. The normalized spacial score (nSPS) is 11.0. The third-order valence-electron chi connectivity index (χ3n) is 3.18. The summed E-state index contributed by atoms with van der Waals surface area (Å²) < 4.78 is 1.55. The Labute approximate surface area is 123 Å². The predicted octanol–water partition coefficient (Wildman–Crippen LogP) is 1.20. The largest absolute Gasteiger partial charge is 0.476 e. The van der Waals surface area contributed by atoms with E-state index in [9.17, 15) is 4.79 Å². The molecule has 0 radical (unpaired) electrons. The molecule has 0 unspecified atom stereocenters. The van der Waals surface area contributed by atoms with Crippen LogP contribution in [-0.2, 0) is 13.1 Å². The molecular weight excluding hydrogens is 270 g/mol. The summed E-state index contributed by atoms with van der Waals surface area (Å²) in [4.78, 5) is 17.5. The minimum absolute atomic E-state index is 0.0293. The SMILES string of the molecule is CCN(CCn1cc(C(=O)O)nn1)Cc1cccc(C)n1. The summed E-state index contributed by atoms with van der Waals surface area (Å²) in [5.74, 6) is -1.06. The quantitative estimate of drug-likeness (QED) is 0.824. The zero-order valence-corrected chi connectivity index (χ0v) is 12.2. The summed E-state index contributed by atoms with van der Waals surface area (Å²) in [6.45, 7) is 7.06. The van der Waals surface area contributed by atoms with E-state index in [-0.39, 0.29) is 5.69 Å². The van der Waals surface area contributed by atoms with Gasteiger partial charge in [-0.3, -0.25) is 14.6 Å². The van der Waals surface area contributed by atoms with Crippen LogP contribution in [0.15, 0.2) is 24.4 Å². The van der Waals surface area contributed by atoms with Crippen molar-refractivity contribution in [2.45, 2.75) is 26.9 Å². The Morgan fingerprint density at radius 1 is 1.43 bits per heavy atom. The van der Waals surface area contributed by atoms with Gasteiger partial charge in [-0.2, -0.15) is 0 Å². The molecule has 0 aromatic carbocycles. The molecule has 7 nitrogen and oxygen atoms in total. The summed E-state index contributed by atoms with van der Waals surface area (Å²) in [6.07, 6.45) is 1.45. The molecule has 21 heavy (non-hydrogen) atoms. The molecule has 1 N–H and O–H groups in total. The Kier molecular flexibility index (Phi) is 4.99. The van der Waals surface area contributed by atoms with Gasteiger partial charge in [0.1, 0.15) is 0 Å². The number of aryl methyl sites for hydroxylation is 1. The Morgan fingerprint density at radius 2 is 2.24 bits per heavy atom. The van der Waals surface area contributed by atoms with Gasteiger partial charge in [0.05, 0.1) is 18.4 Å². The number of carbonyl (C=O) groups is 1. The highest BCUT2D eigenvalue weighted by molar-refractivity contribution is 5.84. The van der Waals surface area contributed by atoms with Crippen LogP contribution < -0.4 is 0 Å². The molecule has 0 amide bonds. The Bertz CT molecular complexity index is 611. The highest BCUT2D eigenvalue weighted by Gasteiger charge is 2.10. The molecule has 0 aliphatic carbocycles. The molecule has 0 spiro atoms. The van der Waals surface area contributed by atoms with Crippen LogP contribution in [0.25, 0.3) is 0 Å². The van der Waals surface area contributed by atoms with Crippen molar-refractivity contribution in [1.82, 2.24) is 24.9 Å². The van der Waals surface area contributed by atoms with E-state index in [1.165, 1.54) is 6.20 Å². The minimum Gasteiger partial charge on any atom is -0.476 e. The average Bonchev–Trinajstić information content (AvgIpc) is 2.92. The van der Waals surface area contributed by atoms with Gasteiger partial charge < -0.3 is 5.11 Å². The molecule has 112 valence electrons. The molecule has 0 aliphatic heterocycles. The van der Waals surface area contributed by atoms with Crippen LogP contribution >= 0.6 is 0 Å². The van der Waals surface area contributed by atoms with Gasteiger partial charge in [0.15, 0.2) is 5.69 Å². The minimum atomic E-state index is -1.06. The maximum atomic E-state index is 10.7. The number of nitrogens with zero attached hydrogens (tertiary/aromatic N) is 5. The first kappa shape index (κ1) is 15.1. The topological polar surface area (TPSA) is 84.1 Å². The van der Waals surface area contributed by atoms with Crippen LogP contribution in [0.1, 0.15) is 28.8 Å². The Hall–Kier alpha value is -2.28. The lowest BCUT2D eigenvalue weighted by Crippen LogP contribution is -2.27. The summed E-state index contributed by atoms with van der Waals surface area (Å²) in [7, 11) is 0. The van der Waals surface area contributed by atoms with Gasteiger partial charge in [-0.15, -0.1) is 5.10 Å². The van der Waals surface area contributed by atoms with E-state index in [1.54, 1.807) is 4.68 Å². The summed E-state index contributed by atoms with van der Waals surface area (Å²) in [5.41, 5.74) is 2.01. The first-order valence-corrected chi connectivity index (χ1v) is 6.87. The van der Waals surface area contributed by atoms with Crippen molar-refractivity contribution in [3.63, 3.8) is 0 Å². The number of carboxylic acid groups (broad SMARTS) is 1. The van der Waals surface area contributed by atoms with Gasteiger partial charge in [-0.25, -0.2) is 4.79 Å². The molecule has 0 atom stereocenters. The first-order valence-electron chi connectivity index (χ1n) is 6.87. The van der Waals surface area contributed by atoms with Gasteiger partial charge in [-0.1, -0.05) is 18.2 Å². The number of rotatable bonds is 7. The van der Waals surface area contributed by atoms with Crippen molar-refractivity contribution in [3.05, 3.63) is 41.5 Å². The van der Waals surface area contributed by atoms with Crippen LogP contribution in [0.4, 0.5) is 0 Å². The molecule has 0 bridgehead atoms. The second-order valence-corrected chi connectivity index (χ2v) is 4.81. The lowest BCUT2D eigenvalue weighted by atomic mass is 10.3. The average molecular weight is 289 g/mol. The van der Waals surface area contributed by atoms with Crippen LogP contribution in [0.5, 0.6) is 0 Å². The summed E-state index contributed by atoms with van der Waals surface area (Å²) in [5, 5.41) is 16.2. The van der Waals surface area contributed by atoms with Crippen molar-refractivity contribution in [2.24, 2.45) is 0 Å². The molecule has 2 aromatic rings. The standard InChI is InChI=1S/C14H19N5O2/c1-3-18(9-12-6-4-5-11(2)15-12)7-8-19-10-13(14(20)21)16-17-19/h4-6,10H,3,7-9H2,1-2H3,(H,20,21). The third kappa shape index (κ3) is 4.35. The lowest BCUT2D eigenvalue weighted by Gasteiger charge is -2.19. The molecular formula is C14H19N5O2. The molecule has 0 saturated heterocycles. The molecule has 0 saturated carbocycles. The number of pyridine rings is 1. The summed E-state index contributed by atoms with van der Waals surface area (Å²) >= 11 is 0. The predicted molar refractivity (Wildman–Crippen MR) is 76.9 cm³/mol. The number of hydrogen-bond donors (Lipinski definition) is 1. The zero-order chi connectivity index (χ0) is 15.2. The van der Waals surface area contributed by atoms with E-state index in [0.29, 0.717) is 6.54 Å². The second-order valence-electron chi connectivity index (χ2n) is 4.81. The van der Waals surface area contributed by atoms with Gasteiger partial charge in [-0.05, 0) is 25.6 Å². The van der Waals surface area contributed by atoms with E-state index in [2.05, 4.69) is 27.1 Å². The molecule has 0 fully saturated rings. The molecule has 2 rings (SSSR count). The number of aromatic nitrogens is 4. The highest BCUT2D eigenvalue weighted by Crippen LogP contribution is 2.04. The number of aromatic carboxylic acids is 1. The van der Waals surface area contributed by atoms with Crippen molar-refractivity contribution >= 4 is 5.97 Å². The monoisotopic (exact) mass is 289 g/mol. The molecule has 2 aromatic heterocycles. The Morgan fingerprint density at radius 3 is 2.86 bits per heavy atom. The van der Waals surface area contributed by atoms with Crippen LogP contribution in [0.2, 0.25) is 0 Å². The third-order valence-corrected chi connectivity index (χ3v) is 3.18. The van der Waals surface area contributed by atoms with Crippen molar-refractivity contribution in [2.75, 3.05) is 13.1 Å². The number of carboxylic acids is 1. The molecule has 0 aliphatic rings.